The number of aryl methyl sites for hydroxylation is 1. The Hall–Kier alpha value is -1.95. The number of piperazine rings is 1. The Kier molecular flexibility index (Phi) is 5.84. The Labute approximate surface area is 165 Å². The Balaban J connectivity index is 1.74. The van der Waals surface area contributed by atoms with Crippen molar-refractivity contribution in [3.8, 4) is 0 Å². The van der Waals surface area contributed by atoms with Gasteiger partial charge < -0.3 is 5.32 Å². The third-order valence-electron chi connectivity index (χ3n) is 3.92. The number of thioether (sulfide) groups is 1. The van der Waals surface area contributed by atoms with Crippen molar-refractivity contribution >= 4 is 50.1 Å². The van der Waals surface area contributed by atoms with Crippen molar-refractivity contribution in [1.82, 2.24) is 14.6 Å². The van der Waals surface area contributed by atoms with Gasteiger partial charge in [0.2, 0.25) is 15.9 Å². The number of hydrogen-bond acceptors (Lipinski definition) is 7. The van der Waals surface area contributed by atoms with Crippen molar-refractivity contribution in [2.24, 2.45) is 0 Å². The minimum Gasteiger partial charge on any atom is -0.354 e. The second kappa shape index (κ2) is 7.97. The molecule has 2 N–H and O–H groups in total. The molecule has 27 heavy (non-hydrogen) atoms. The van der Waals surface area contributed by atoms with E-state index in [0.717, 1.165) is 14.2 Å². The van der Waals surface area contributed by atoms with Gasteiger partial charge in [0.25, 0.3) is 5.91 Å². The zero-order valence-corrected chi connectivity index (χ0v) is 17.1. The molecule has 0 radical (unpaired) electrons. The van der Waals surface area contributed by atoms with Gasteiger partial charge >= 0.3 is 0 Å². The molecule has 3 rings (SSSR count). The van der Waals surface area contributed by atoms with Crippen LogP contribution >= 0.6 is 23.1 Å². The number of aromatic nitrogens is 1. The van der Waals surface area contributed by atoms with Crippen LogP contribution in [0.1, 0.15) is 16.1 Å². The van der Waals surface area contributed by atoms with Gasteiger partial charge in [-0.15, -0.1) is 11.8 Å². The number of anilines is 1. The summed E-state index contributed by atoms with van der Waals surface area (Å²) >= 11 is 2.95. The largest absolute Gasteiger partial charge is 0.354 e. The first-order chi connectivity index (χ1) is 12.8. The normalized spacial score (nSPS) is 15.4. The molecule has 0 saturated carbocycles. The first-order valence-corrected chi connectivity index (χ1v) is 11.5. The molecule has 0 atom stereocenters. The second-order valence-electron chi connectivity index (χ2n) is 5.76. The molecule has 1 saturated heterocycles. The lowest BCUT2D eigenvalue weighted by Crippen LogP contribution is -2.49. The van der Waals surface area contributed by atoms with E-state index >= 15 is 0 Å². The molecule has 2 heterocycles. The van der Waals surface area contributed by atoms with Crippen LogP contribution in [0.4, 0.5) is 5.13 Å². The summed E-state index contributed by atoms with van der Waals surface area (Å²) in [6.45, 7) is 2.17. The summed E-state index contributed by atoms with van der Waals surface area (Å²) in [6.07, 6.45) is 1.94. The zero-order chi connectivity index (χ0) is 19.6. The standard InChI is InChI=1S/C16H18N4O4S3/c1-10-15(25-2)26-16(18-10)19-14(22)11-3-5-12(6-4-11)27(23,24)20-8-7-17-13(21)9-20/h3-6H,7-9H2,1-2H3,(H,17,21)(H,18,19,22). The van der Waals surface area contributed by atoms with E-state index in [4.69, 9.17) is 0 Å². The first-order valence-electron chi connectivity index (χ1n) is 8.01. The molecule has 11 heteroatoms. The van der Waals surface area contributed by atoms with Crippen molar-refractivity contribution < 1.29 is 18.0 Å². The van der Waals surface area contributed by atoms with Crippen LogP contribution in [0.25, 0.3) is 0 Å². The van der Waals surface area contributed by atoms with E-state index in [1.165, 1.54) is 35.6 Å². The van der Waals surface area contributed by atoms with Gasteiger partial charge in [-0.2, -0.15) is 4.31 Å². The van der Waals surface area contributed by atoms with Crippen LogP contribution in [-0.4, -0.2) is 55.4 Å². The molecular weight excluding hydrogens is 408 g/mol. The third-order valence-corrected chi connectivity index (χ3v) is 8.06. The first kappa shape index (κ1) is 19.8. The molecule has 1 aliphatic heterocycles. The van der Waals surface area contributed by atoms with Gasteiger partial charge in [-0.3, -0.25) is 14.9 Å². The van der Waals surface area contributed by atoms with E-state index in [9.17, 15) is 18.0 Å². The number of carbonyl (C=O) groups is 2. The Morgan fingerprint density at radius 1 is 1.33 bits per heavy atom. The van der Waals surface area contributed by atoms with E-state index in [0.29, 0.717) is 10.7 Å². The number of sulfonamides is 1. The third kappa shape index (κ3) is 4.32. The highest BCUT2D eigenvalue weighted by Gasteiger charge is 2.29. The molecule has 0 aliphatic carbocycles. The summed E-state index contributed by atoms with van der Waals surface area (Å²) in [7, 11) is -3.77. The fraction of sp³-hybridized carbons (Fsp3) is 0.312. The Morgan fingerprint density at radius 2 is 2.04 bits per heavy atom. The number of amides is 2. The summed E-state index contributed by atoms with van der Waals surface area (Å²) in [4.78, 5) is 28.1. The maximum Gasteiger partial charge on any atom is 0.257 e. The minimum absolute atomic E-state index is 0.0449. The summed E-state index contributed by atoms with van der Waals surface area (Å²) in [6, 6.07) is 5.64. The van der Waals surface area contributed by atoms with Crippen molar-refractivity contribution in [3.63, 3.8) is 0 Å². The fourth-order valence-corrected chi connectivity index (χ4v) is 5.55. The molecule has 2 amide bonds. The number of nitrogens with zero attached hydrogens (tertiary/aromatic N) is 2. The maximum atomic E-state index is 12.6. The quantitative estimate of drug-likeness (QED) is 0.702. The van der Waals surface area contributed by atoms with Crippen LogP contribution in [-0.2, 0) is 14.8 Å². The lowest BCUT2D eigenvalue weighted by Gasteiger charge is -2.25. The van der Waals surface area contributed by atoms with Gasteiger partial charge in [0, 0.05) is 18.7 Å². The highest BCUT2D eigenvalue weighted by molar-refractivity contribution is 8.00. The number of carbonyl (C=O) groups excluding carboxylic acids is 2. The molecule has 1 fully saturated rings. The maximum absolute atomic E-state index is 12.6. The van der Waals surface area contributed by atoms with Gasteiger partial charge in [0.15, 0.2) is 5.13 Å². The summed E-state index contributed by atoms with van der Waals surface area (Å²) in [5.41, 5.74) is 1.18. The van der Waals surface area contributed by atoms with Crippen molar-refractivity contribution in [1.29, 1.82) is 0 Å². The van der Waals surface area contributed by atoms with Gasteiger partial charge in [0.05, 0.1) is 21.3 Å². The average molecular weight is 427 g/mol. The average Bonchev–Trinajstić information content (AvgIpc) is 3.01. The molecule has 144 valence electrons. The smallest absolute Gasteiger partial charge is 0.257 e. The molecule has 0 bridgehead atoms. The van der Waals surface area contributed by atoms with E-state index in [-0.39, 0.29) is 36.3 Å². The van der Waals surface area contributed by atoms with Gasteiger partial charge in [-0.1, -0.05) is 11.3 Å². The van der Waals surface area contributed by atoms with Crippen LogP contribution in [0.2, 0.25) is 0 Å². The number of rotatable bonds is 5. The zero-order valence-electron chi connectivity index (χ0n) is 14.7. The summed E-state index contributed by atoms with van der Waals surface area (Å²) in [5.74, 6) is -0.693. The topological polar surface area (TPSA) is 108 Å². The minimum atomic E-state index is -3.77. The second-order valence-corrected chi connectivity index (χ2v) is 9.77. The van der Waals surface area contributed by atoms with Gasteiger partial charge in [0.1, 0.15) is 0 Å². The number of benzene rings is 1. The molecule has 8 nitrogen and oxygen atoms in total. The number of nitrogens with one attached hydrogen (secondary N) is 2. The molecule has 0 unspecified atom stereocenters. The SMILES string of the molecule is CSc1sc(NC(=O)c2ccc(S(=O)(=O)N3CCNC(=O)C3)cc2)nc1C. The molecular formula is C16H18N4O4S3. The lowest BCUT2D eigenvalue weighted by atomic mass is 10.2. The van der Waals surface area contributed by atoms with E-state index in [2.05, 4.69) is 15.6 Å². The van der Waals surface area contributed by atoms with Crippen molar-refractivity contribution in [2.45, 2.75) is 16.0 Å². The van der Waals surface area contributed by atoms with Crippen LogP contribution in [0.5, 0.6) is 0 Å². The summed E-state index contributed by atoms with van der Waals surface area (Å²) in [5, 5.41) is 5.81. The number of hydrogen-bond donors (Lipinski definition) is 2. The van der Waals surface area contributed by atoms with Crippen molar-refractivity contribution in [2.75, 3.05) is 31.2 Å². The monoisotopic (exact) mass is 426 g/mol. The van der Waals surface area contributed by atoms with Crippen LogP contribution in [0, 0.1) is 6.92 Å². The summed E-state index contributed by atoms with van der Waals surface area (Å²) < 4.78 is 27.4. The number of thiazole rings is 1. The van der Waals surface area contributed by atoms with E-state index < -0.39 is 10.0 Å². The highest BCUT2D eigenvalue weighted by Crippen LogP contribution is 2.30. The predicted octanol–water partition coefficient (Wildman–Crippen LogP) is 1.55. The van der Waals surface area contributed by atoms with Gasteiger partial charge in [-0.05, 0) is 37.4 Å². The van der Waals surface area contributed by atoms with Gasteiger partial charge in [-0.25, -0.2) is 13.4 Å². The van der Waals surface area contributed by atoms with Crippen molar-refractivity contribution in [3.05, 3.63) is 35.5 Å². The van der Waals surface area contributed by atoms with Crippen LogP contribution < -0.4 is 10.6 Å². The molecule has 2 aromatic rings. The molecule has 1 aliphatic rings. The van der Waals surface area contributed by atoms with Crippen LogP contribution in [0.3, 0.4) is 0 Å². The fourth-order valence-electron chi connectivity index (χ4n) is 2.54. The van der Waals surface area contributed by atoms with Crippen LogP contribution in [0.15, 0.2) is 33.4 Å². The Morgan fingerprint density at radius 3 is 2.63 bits per heavy atom. The molecule has 0 spiro atoms. The molecule has 1 aromatic carbocycles. The lowest BCUT2D eigenvalue weighted by molar-refractivity contribution is -0.122. The highest BCUT2D eigenvalue weighted by atomic mass is 32.2. The predicted molar refractivity (Wildman–Crippen MR) is 105 cm³/mol. The molecule has 1 aromatic heterocycles. The van der Waals surface area contributed by atoms with E-state index in [1.54, 1.807) is 11.8 Å². The van der Waals surface area contributed by atoms with E-state index in [1.807, 2.05) is 13.2 Å². The Bertz CT molecular complexity index is 970.